The molecular weight excluding hydrogens is 292 g/mol. The van der Waals surface area contributed by atoms with E-state index < -0.39 is 0 Å². The van der Waals surface area contributed by atoms with Gasteiger partial charge in [-0.1, -0.05) is 42.5 Å². The van der Waals surface area contributed by atoms with Crippen LogP contribution in [0.2, 0.25) is 0 Å². The standard InChI is InChI=1S/C18H20N2OS/c1-20-17(15-9-5-6-10-16(15)19-20)11-14(22)12-18(21)13-7-3-2-4-8-13/h2-4,7-8H,5-6,9-12H2,1H3. The van der Waals surface area contributed by atoms with Gasteiger partial charge in [-0.2, -0.15) is 5.10 Å². The lowest BCUT2D eigenvalue weighted by Gasteiger charge is -2.11. The van der Waals surface area contributed by atoms with Gasteiger partial charge in [-0.25, -0.2) is 0 Å². The van der Waals surface area contributed by atoms with Gasteiger partial charge in [-0.3, -0.25) is 9.48 Å². The van der Waals surface area contributed by atoms with E-state index in [4.69, 9.17) is 12.2 Å². The Morgan fingerprint density at radius 2 is 1.95 bits per heavy atom. The second-order valence-corrected chi connectivity index (χ2v) is 6.46. The van der Waals surface area contributed by atoms with Crippen molar-refractivity contribution in [2.24, 2.45) is 7.05 Å². The van der Waals surface area contributed by atoms with Crippen molar-refractivity contribution in [1.82, 2.24) is 9.78 Å². The third-order valence-corrected chi connectivity index (χ3v) is 4.56. The Balaban J connectivity index is 1.70. The fraction of sp³-hybridized carbons (Fsp3) is 0.389. The third kappa shape index (κ3) is 3.17. The Labute approximate surface area is 136 Å². The molecule has 0 radical (unpaired) electrons. The molecule has 4 heteroatoms. The van der Waals surface area contributed by atoms with E-state index in [2.05, 4.69) is 5.10 Å². The summed E-state index contributed by atoms with van der Waals surface area (Å²) in [6, 6.07) is 9.37. The first-order valence-electron chi connectivity index (χ1n) is 7.78. The molecule has 2 aromatic rings. The van der Waals surface area contributed by atoms with Crippen molar-refractivity contribution in [1.29, 1.82) is 0 Å². The smallest absolute Gasteiger partial charge is 0.167 e. The Hall–Kier alpha value is -1.81. The summed E-state index contributed by atoms with van der Waals surface area (Å²) in [6.07, 6.45) is 5.61. The minimum Gasteiger partial charge on any atom is -0.294 e. The van der Waals surface area contributed by atoms with Crippen molar-refractivity contribution in [2.45, 2.75) is 38.5 Å². The van der Waals surface area contributed by atoms with Gasteiger partial charge in [0.1, 0.15) is 0 Å². The molecule has 1 aliphatic rings. The molecule has 0 fully saturated rings. The van der Waals surface area contributed by atoms with Gasteiger partial charge < -0.3 is 0 Å². The van der Waals surface area contributed by atoms with Crippen molar-refractivity contribution in [3.63, 3.8) is 0 Å². The molecule has 0 atom stereocenters. The van der Waals surface area contributed by atoms with E-state index in [0.717, 1.165) is 23.3 Å². The van der Waals surface area contributed by atoms with Crippen LogP contribution in [0.15, 0.2) is 30.3 Å². The zero-order chi connectivity index (χ0) is 15.5. The van der Waals surface area contributed by atoms with Crippen LogP contribution in [0.3, 0.4) is 0 Å². The Kier molecular flexibility index (Phi) is 4.48. The number of aromatic nitrogens is 2. The summed E-state index contributed by atoms with van der Waals surface area (Å²) in [6.45, 7) is 0. The number of carbonyl (C=O) groups is 1. The maximum atomic E-state index is 12.2. The summed E-state index contributed by atoms with van der Waals surface area (Å²) in [4.78, 5) is 13.0. The second-order valence-electron chi connectivity index (χ2n) is 5.88. The molecule has 3 nitrogen and oxygen atoms in total. The molecular formula is C18H20N2OS. The minimum atomic E-state index is 0.0987. The number of Topliss-reactive ketones (excluding diaryl/α,β-unsaturated/α-hetero) is 1. The SMILES string of the molecule is Cn1nc2c(c1CC(=S)CC(=O)c1ccccc1)CCCC2. The number of benzene rings is 1. The largest absolute Gasteiger partial charge is 0.294 e. The molecule has 0 N–H and O–H groups in total. The summed E-state index contributed by atoms with van der Waals surface area (Å²) in [5.41, 5.74) is 4.52. The lowest BCUT2D eigenvalue weighted by atomic mass is 9.94. The number of nitrogens with zero attached hydrogens (tertiary/aromatic N) is 2. The average Bonchev–Trinajstić information content (AvgIpc) is 2.84. The van der Waals surface area contributed by atoms with Crippen molar-refractivity contribution in [3.05, 3.63) is 52.8 Å². The maximum absolute atomic E-state index is 12.2. The Morgan fingerprint density at radius 1 is 1.23 bits per heavy atom. The van der Waals surface area contributed by atoms with Crippen molar-refractivity contribution < 1.29 is 4.79 Å². The lowest BCUT2D eigenvalue weighted by molar-refractivity contribution is 0.100. The van der Waals surface area contributed by atoms with Crippen LogP contribution in [0, 0.1) is 0 Å². The normalized spacial score (nSPS) is 13.7. The van der Waals surface area contributed by atoms with Crippen molar-refractivity contribution >= 4 is 22.9 Å². The summed E-state index contributed by atoms with van der Waals surface area (Å²) >= 11 is 5.48. The molecule has 0 amide bonds. The van der Waals surface area contributed by atoms with E-state index in [1.807, 2.05) is 42.1 Å². The molecule has 1 aromatic heterocycles. The molecule has 0 spiro atoms. The van der Waals surface area contributed by atoms with Crippen LogP contribution < -0.4 is 0 Å². The van der Waals surface area contributed by atoms with Crippen molar-refractivity contribution in [2.75, 3.05) is 0 Å². The first-order valence-corrected chi connectivity index (χ1v) is 8.19. The molecule has 1 heterocycles. The van der Waals surface area contributed by atoms with E-state index in [-0.39, 0.29) is 5.78 Å². The Bertz CT molecular complexity index is 703. The van der Waals surface area contributed by atoms with Crippen molar-refractivity contribution in [3.8, 4) is 0 Å². The topological polar surface area (TPSA) is 34.9 Å². The van der Waals surface area contributed by atoms with Crippen LogP contribution in [0.1, 0.15) is 46.6 Å². The molecule has 0 aliphatic heterocycles. The molecule has 0 bridgehead atoms. The van der Waals surface area contributed by atoms with E-state index in [1.165, 1.54) is 29.8 Å². The summed E-state index contributed by atoms with van der Waals surface area (Å²) < 4.78 is 1.95. The van der Waals surface area contributed by atoms with Crippen LogP contribution in [0.4, 0.5) is 0 Å². The van der Waals surface area contributed by atoms with Gasteiger partial charge >= 0.3 is 0 Å². The summed E-state index contributed by atoms with van der Waals surface area (Å²) in [5, 5.41) is 4.61. The van der Waals surface area contributed by atoms with Gasteiger partial charge in [0, 0.05) is 36.0 Å². The first kappa shape index (κ1) is 15.1. The highest BCUT2D eigenvalue weighted by Gasteiger charge is 2.20. The number of carbonyl (C=O) groups excluding carboxylic acids is 1. The lowest BCUT2D eigenvalue weighted by Crippen LogP contribution is -2.12. The van der Waals surface area contributed by atoms with Gasteiger partial charge in [-0.05, 0) is 31.2 Å². The minimum absolute atomic E-state index is 0.0987. The predicted octanol–water partition coefficient (Wildman–Crippen LogP) is 3.48. The fourth-order valence-electron chi connectivity index (χ4n) is 3.12. The number of hydrogen-bond acceptors (Lipinski definition) is 3. The molecule has 0 saturated heterocycles. The molecule has 1 aromatic carbocycles. The Morgan fingerprint density at radius 3 is 2.73 bits per heavy atom. The highest BCUT2D eigenvalue weighted by Crippen LogP contribution is 2.24. The van der Waals surface area contributed by atoms with Gasteiger partial charge in [0.2, 0.25) is 0 Å². The van der Waals surface area contributed by atoms with Gasteiger partial charge in [-0.15, -0.1) is 0 Å². The highest BCUT2D eigenvalue weighted by molar-refractivity contribution is 7.80. The highest BCUT2D eigenvalue weighted by atomic mass is 32.1. The molecule has 0 unspecified atom stereocenters. The van der Waals surface area contributed by atoms with E-state index >= 15 is 0 Å². The van der Waals surface area contributed by atoms with Crippen LogP contribution in [0.25, 0.3) is 0 Å². The predicted molar refractivity (Wildman–Crippen MR) is 91.5 cm³/mol. The summed E-state index contributed by atoms with van der Waals surface area (Å²) in [7, 11) is 1.98. The number of thiocarbonyl (C=S) groups is 1. The first-order chi connectivity index (χ1) is 10.6. The van der Waals surface area contributed by atoms with Gasteiger partial charge in [0.25, 0.3) is 0 Å². The molecule has 114 valence electrons. The van der Waals surface area contributed by atoms with Gasteiger partial charge in [0.15, 0.2) is 5.78 Å². The van der Waals surface area contributed by atoms with Crippen LogP contribution in [0.5, 0.6) is 0 Å². The monoisotopic (exact) mass is 312 g/mol. The van der Waals surface area contributed by atoms with E-state index in [1.54, 1.807) is 0 Å². The number of hydrogen-bond donors (Lipinski definition) is 0. The zero-order valence-electron chi connectivity index (χ0n) is 12.8. The van der Waals surface area contributed by atoms with Crippen LogP contribution in [-0.2, 0) is 26.3 Å². The molecule has 22 heavy (non-hydrogen) atoms. The number of fused-ring (bicyclic) bond motifs is 1. The maximum Gasteiger partial charge on any atom is 0.167 e. The third-order valence-electron chi connectivity index (χ3n) is 4.27. The van der Waals surface area contributed by atoms with E-state index in [0.29, 0.717) is 12.8 Å². The fourth-order valence-corrected chi connectivity index (χ4v) is 3.39. The molecule has 3 rings (SSSR count). The molecule has 0 saturated carbocycles. The van der Waals surface area contributed by atoms with Crippen LogP contribution in [-0.4, -0.2) is 20.4 Å². The number of ketones is 1. The molecule has 1 aliphatic carbocycles. The quantitative estimate of drug-likeness (QED) is 0.626. The van der Waals surface area contributed by atoms with E-state index in [9.17, 15) is 4.79 Å². The number of rotatable bonds is 5. The van der Waals surface area contributed by atoms with Crippen LogP contribution >= 0.6 is 12.2 Å². The summed E-state index contributed by atoms with van der Waals surface area (Å²) in [5.74, 6) is 0.0987. The number of aryl methyl sites for hydroxylation is 2. The zero-order valence-corrected chi connectivity index (χ0v) is 13.7. The second kappa shape index (κ2) is 6.53. The average molecular weight is 312 g/mol. The van der Waals surface area contributed by atoms with Gasteiger partial charge in [0.05, 0.1) is 5.69 Å².